The van der Waals surface area contributed by atoms with Gasteiger partial charge in [0.1, 0.15) is 5.69 Å². The molecule has 0 radical (unpaired) electrons. The maximum absolute atomic E-state index is 12.7. The highest BCUT2D eigenvalue weighted by molar-refractivity contribution is 9.10. The number of benzene rings is 2. The van der Waals surface area contributed by atoms with Crippen LogP contribution in [0.5, 0.6) is 0 Å². The van der Waals surface area contributed by atoms with Crippen LogP contribution >= 0.6 is 27.3 Å². The topological polar surface area (TPSA) is 105 Å². The molecule has 0 bridgehead atoms. The zero-order chi connectivity index (χ0) is 26.7. The summed E-state index contributed by atoms with van der Waals surface area (Å²) in [5, 5.41) is 15.0. The van der Waals surface area contributed by atoms with Crippen LogP contribution in [0.4, 0.5) is 11.4 Å². The number of amides is 2. The van der Waals surface area contributed by atoms with Crippen LogP contribution in [0.3, 0.4) is 0 Å². The highest BCUT2D eigenvalue weighted by Gasteiger charge is 2.26. The molecule has 2 amide bonds. The van der Waals surface area contributed by atoms with Gasteiger partial charge in [0.05, 0.1) is 15.6 Å². The maximum atomic E-state index is 12.7. The van der Waals surface area contributed by atoms with Gasteiger partial charge in [0, 0.05) is 52.1 Å². The zero-order valence-corrected chi connectivity index (χ0v) is 23.2. The summed E-state index contributed by atoms with van der Waals surface area (Å²) in [4.78, 5) is 43.7. The monoisotopic (exact) mass is 582 g/mol. The lowest BCUT2D eigenvalue weighted by Gasteiger charge is -2.30. The van der Waals surface area contributed by atoms with Crippen molar-refractivity contribution in [1.82, 2.24) is 9.88 Å². The number of carbonyl (C=O) groups excluding carboxylic acids is 2. The third-order valence-electron chi connectivity index (χ3n) is 6.53. The van der Waals surface area contributed by atoms with E-state index in [1.54, 1.807) is 29.2 Å². The van der Waals surface area contributed by atoms with E-state index in [1.165, 1.54) is 17.0 Å². The Hall–Kier alpha value is -3.37. The largest absolute Gasteiger partial charge is 0.339 e. The van der Waals surface area contributed by atoms with Crippen LogP contribution in [0.15, 0.2) is 53.0 Å². The number of nitro benzene ring substituents is 1. The van der Waals surface area contributed by atoms with Crippen LogP contribution in [0.2, 0.25) is 0 Å². The first-order valence-electron chi connectivity index (χ1n) is 11.9. The molecule has 4 rings (SSSR count). The molecule has 2 heterocycles. The minimum atomic E-state index is -0.590. The van der Waals surface area contributed by atoms with Crippen LogP contribution in [0.1, 0.15) is 39.8 Å². The van der Waals surface area contributed by atoms with Gasteiger partial charge in [-0.2, -0.15) is 0 Å². The lowest BCUT2D eigenvalue weighted by atomic mass is 9.97. The number of carbonyl (C=O) groups is 2. The molecule has 0 unspecified atom stereocenters. The van der Waals surface area contributed by atoms with Crippen molar-refractivity contribution in [3.63, 3.8) is 0 Å². The Labute approximate surface area is 227 Å². The summed E-state index contributed by atoms with van der Waals surface area (Å²) < 4.78 is 1.03. The fraction of sp³-hybridized carbons (Fsp3) is 0.296. The summed E-state index contributed by atoms with van der Waals surface area (Å²) in [7, 11) is 0. The molecule has 0 saturated carbocycles. The van der Waals surface area contributed by atoms with Gasteiger partial charge < -0.3 is 10.2 Å². The molecule has 10 heteroatoms. The van der Waals surface area contributed by atoms with Crippen molar-refractivity contribution in [2.45, 2.75) is 39.5 Å². The van der Waals surface area contributed by atoms with Crippen LogP contribution in [0, 0.1) is 30.9 Å². The minimum absolute atomic E-state index is 0.109. The summed E-state index contributed by atoms with van der Waals surface area (Å²) >= 11 is 5.17. The van der Waals surface area contributed by atoms with Gasteiger partial charge in [-0.15, -0.1) is 11.3 Å². The second-order valence-electron chi connectivity index (χ2n) is 9.10. The van der Waals surface area contributed by atoms with Gasteiger partial charge >= 0.3 is 0 Å². The SMILES string of the molecule is Cc1cc(NC(=O)/C=C/C(=O)N2CCC(c3nc(-c4ccc(Br)cc4)c(C)s3)CC2)c([N+](=O)[O-])cc1C. The Morgan fingerprint density at radius 2 is 1.76 bits per heavy atom. The Morgan fingerprint density at radius 3 is 2.41 bits per heavy atom. The molecule has 1 aliphatic rings. The van der Waals surface area contributed by atoms with Crippen molar-refractivity contribution in [3.05, 3.63) is 84.1 Å². The summed E-state index contributed by atoms with van der Waals surface area (Å²) in [6.45, 7) is 6.81. The average molecular weight is 584 g/mol. The van der Waals surface area contributed by atoms with E-state index in [4.69, 9.17) is 4.98 Å². The van der Waals surface area contributed by atoms with Crippen molar-refractivity contribution >= 4 is 50.5 Å². The van der Waals surface area contributed by atoms with Crippen LogP contribution in [-0.2, 0) is 9.59 Å². The number of rotatable bonds is 6. The summed E-state index contributed by atoms with van der Waals surface area (Å²) in [6.07, 6.45) is 3.95. The van der Waals surface area contributed by atoms with Crippen molar-refractivity contribution in [1.29, 1.82) is 0 Å². The summed E-state index contributed by atoms with van der Waals surface area (Å²) in [5.74, 6) is -0.558. The summed E-state index contributed by atoms with van der Waals surface area (Å²) in [6, 6.07) is 11.1. The number of aryl methyl sites for hydroxylation is 3. The number of nitrogens with one attached hydrogen (secondary N) is 1. The molecule has 1 N–H and O–H groups in total. The van der Waals surface area contributed by atoms with Gasteiger partial charge in [-0.25, -0.2) is 4.98 Å². The number of anilines is 1. The number of piperidine rings is 1. The molecule has 1 aliphatic heterocycles. The van der Waals surface area contributed by atoms with E-state index >= 15 is 0 Å². The van der Waals surface area contributed by atoms with E-state index in [0.29, 0.717) is 13.1 Å². The summed E-state index contributed by atoms with van der Waals surface area (Å²) in [5.41, 5.74) is 3.60. The molecule has 1 aromatic heterocycles. The van der Waals surface area contributed by atoms with Gasteiger partial charge in [-0.1, -0.05) is 28.1 Å². The standard InChI is InChI=1S/C27H27BrN4O4S/c1-16-14-22(23(32(35)36)15-17(16)2)29-24(33)8-9-25(34)31-12-10-20(11-13-31)27-30-26(18(3)37-27)19-4-6-21(28)7-5-19/h4-9,14-15,20H,10-13H2,1-3H3,(H,29,33)/b9-8+. The fourth-order valence-electron chi connectivity index (χ4n) is 4.29. The molecular formula is C27H27BrN4O4S. The quantitative estimate of drug-likeness (QED) is 0.208. The van der Waals surface area contributed by atoms with Gasteiger partial charge in [-0.3, -0.25) is 19.7 Å². The Balaban J connectivity index is 1.34. The number of likely N-dealkylation sites (tertiary alicyclic amines) is 1. The van der Waals surface area contributed by atoms with E-state index < -0.39 is 10.8 Å². The number of halogens is 1. The lowest BCUT2D eigenvalue weighted by Crippen LogP contribution is -2.37. The molecule has 0 spiro atoms. The normalized spacial score (nSPS) is 14.2. The zero-order valence-electron chi connectivity index (χ0n) is 20.8. The number of nitro groups is 1. The molecular weight excluding hydrogens is 556 g/mol. The Morgan fingerprint density at radius 1 is 1.11 bits per heavy atom. The van der Waals surface area contributed by atoms with Crippen molar-refractivity contribution in [2.24, 2.45) is 0 Å². The molecule has 2 aromatic carbocycles. The smallest absolute Gasteiger partial charge is 0.293 e. The van der Waals surface area contributed by atoms with Crippen LogP contribution < -0.4 is 5.32 Å². The highest BCUT2D eigenvalue weighted by Crippen LogP contribution is 2.36. The first-order valence-corrected chi connectivity index (χ1v) is 13.5. The van der Waals surface area contributed by atoms with Gasteiger partial charge in [-0.05, 0) is 62.9 Å². The second-order valence-corrected chi connectivity index (χ2v) is 11.2. The van der Waals surface area contributed by atoms with E-state index in [1.807, 2.05) is 19.1 Å². The maximum Gasteiger partial charge on any atom is 0.293 e. The third-order valence-corrected chi connectivity index (χ3v) is 8.19. The van der Waals surface area contributed by atoms with Crippen molar-refractivity contribution in [2.75, 3.05) is 18.4 Å². The first-order chi connectivity index (χ1) is 17.6. The fourth-order valence-corrected chi connectivity index (χ4v) is 5.67. The molecule has 1 fully saturated rings. The van der Waals surface area contributed by atoms with Crippen molar-refractivity contribution < 1.29 is 14.5 Å². The minimum Gasteiger partial charge on any atom is -0.339 e. The predicted octanol–water partition coefficient (Wildman–Crippen LogP) is 6.31. The molecule has 3 aromatic rings. The number of aromatic nitrogens is 1. The van der Waals surface area contributed by atoms with E-state index in [2.05, 4.69) is 40.3 Å². The Bertz CT molecular complexity index is 1380. The molecule has 8 nitrogen and oxygen atoms in total. The third kappa shape index (κ3) is 6.31. The lowest BCUT2D eigenvalue weighted by molar-refractivity contribution is -0.384. The average Bonchev–Trinajstić information content (AvgIpc) is 3.26. The van der Waals surface area contributed by atoms with Gasteiger partial charge in [0.15, 0.2) is 0 Å². The molecule has 0 aliphatic carbocycles. The van der Waals surface area contributed by atoms with Crippen molar-refractivity contribution in [3.8, 4) is 11.3 Å². The number of hydrogen-bond acceptors (Lipinski definition) is 6. The van der Waals surface area contributed by atoms with Gasteiger partial charge in [0.25, 0.3) is 5.69 Å². The van der Waals surface area contributed by atoms with E-state index in [9.17, 15) is 19.7 Å². The van der Waals surface area contributed by atoms with Crippen LogP contribution in [0.25, 0.3) is 11.3 Å². The highest BCUT2D eigenvalue weighted by atomic mass is 79.9. The number of nitrogens with zero attached hydrogens (tertiary/aromatic N) is 3. The van der Waals surface area contributed by atoms with E-state index in [0.717, 1.165) is 50.8 Å². The van der Waals surface area contributed by atoms with Gasteiger partial charge in [0.2, 0.25) is 11.8 Å². The predicted molar refractivity (Wildman–Crippen MR) is 149 cm³/mol. The van der Waals surface area contributed by atoms with Crippen LogP contribution in [-0.4, -0.2) is 39.7 Å². The van der Waals surface area contributed by atoms with E-state index in [-0.39, 0.29) is 23.2 Å². The number of hydrogen-bond donors (Lipinski definition) is 1. The first kappa shape index (κ1) is 26.7. The second kappa shape index (κ2) is 11.4. The number of thiazole rings is 1. The molecule has 37 heavy (non-hydrogen) atoms. The molecule has 1 saturated heterocycles. The Kier molecular flexibility index (Phi) is 8.19. The molecule has 0 atom stereocenters. The molecule has 192 valence electrons.